The number of halogens is 2. The molecular weight excluding hydrogens is 285 g/mol. The predicted molar refractivity (Wildman–Crippen MR) is 66.5 cm³/mol. The maximum atomic E-state index is 13.6. The number of pyridine rings is 1. The minimum absolute atomic E-state index is 0.0636. The molecule has 0 saturated carbocycles. The van der Waals surface area contributed by atoms with E-state index in [-0.39, 0.29) is 11.3 Å². The SMILES string of the molecule is Cc1cnccc1C(=O)c1cc(Br)ccc1F. The highest BCUT2D eigenvalue weighted by molar-refractivity contribution is 9.10. The summed E-state index contributed by atoms with van der Waals surface area (Å²) in [4.78, 5) is 16.1. The molecule has 0 amide bonds. The minimum Gasteiger partial charge on any atom is -0.288 e. The number of hydrogen-bond acceptors (Lipinski definition) is 2. The third kappa shape index (κ3) is 2.42. The summed E-state index contributed by atoms with van der Waals surface area (Å²) in [5.41, 5.74) is 1.27. The van der Waals surface area contributed by atoms with Gasteiger partial charge in [0, 0.05) is 22.4 Å². The Morgan fingerprint density at radius 1 is 1.29 bits per heavy atom. The van der Waals surface area contributed by atoms with Crippen LogP contribution in [-0.2, 0) is 0 Å². The monoisotopic (exact) mass is 293 g/mol. The van der Waals surface area contributed by atoms with Crippen molar-refractivity contribution in [1.29, 1.82) is 0 Å². The fourth-order valence-corrected chi connectivity index (χ4v) is 1.91. The van der Waals surface area contributed by atoms with Crippen LogP contribution >= 0.6 is 15.9 Å². The number of aromatic nitrogens is 1. The lowest BCUT2D eigenvalue weighted by molar-refractivity contribution is 0.103. The molecule has 0 fully saturated rings. The fraction of sp³-hybridized carbons (Fsp3) is 0.0769. The van der Waals surface area contributed by atoms with Crippen LogP contribution in [0.2, 0.25) is 0 Å². The molecule has 1 heterocycles. The van der Waals surface area contributed by atoms with Gasteiger partial charge in [-0.1, -0.05) is 15.9 Å². The van der Waals surface area contributed by atoms with Gasteiger partial charge in [-0.05, 0) is 36.8 Å². The Bertz CT molecular complexity index is 583. The Morgan fingerprint density at radius 2 is 2.06 bits per heavy atom. The van der Waals surface area contributed by atoms with Crippen LogP contribution in [0.15, 0.2) is 41.1 Å². The first-order valence-electron chi connectivity index (χ1n) is 5.00. The summed E-state index contributed by atoms with van der Waals surface area (Å²) >= 11 is 3.22. The van der Waals surface area contributed by atoms with Gasteiger partial charge in [0.05, 0.1) is 5.56 Å². The molecule has 2 aromatic rings. The van der Waals surface area contributed by atoms with Gasteiger partial charge in [-0.15, -0.1) is 0 Å². The molecule has 2 nitrogen and oxygen atoms in total. The fourth-order valence-electron chi connectivity index (χ4n) is 1.54. The van der Waals surface area contributed by atoms with Crippen LogP contribution in [0.1, 0.15) is 21.5 Å². The number of rotatable bonds is 2. The van der Waals surface area contributed by atoms with Crippen LogP contribution in [0.4, 0.5) is 4.39 Å². The largest absolute Gasteiger partial charge is 0.288 e. The lowest BCUT2D eigenvalue weighted by Crippen LogP contribution is -2.06. The van der Waals surface area contributed by atoms with Crippen LogP contribution in [0.5, 0.6) is 0 Å². The van der Waals surface area contributed by atoms with Crippen LogP contribution in [-0.4, -0.2) is 10.8 Å². The molecule has 4 heteroatoms. The smallest absolute Gasteiger partial charge is 0.196 e. The second kappa shape index (κ2) is 4.75. The molecule has 0 saturated heterocycles. The van der Waals surface area contributed by atoms with Gasteiger partial charge in [-0.2, -0.15) is 0 Å². The van der Waals surface area contributed by atoms with Crippen molar-refractivity contribution in [3.8, 4) is 0 Å². The van der Waals surface area contributed by atoms with Gasteiger partial charge < -0.3 is 0 Å². The first kappa shape index (κ1) is 11.9. The Morgan fingerprint density at radius 3 is 2.76 bits per heavy atom. The topological polar surface area (TPSA) is 30.0 Å². The van der Waals surface area contributed by atoms with Gasteiger partial charge >= 0.3 is 0 Å². The predicted octanol–water partition coefficient (Wildman–Crippen LogP) is 3.52. The van der Waals surface area contributed by atoms with E-state index in [1.807, 2.05) is 0 Å². The van der Waals surface area contributed by atoms with Crippen molar-refractivity contribution in [2.24, 2.45) is 0 Å². The molecule has 17 heavy (non-hydrogen) atoms. The van der Waals surface area contributed by atoms with Crippen molar-refractivity contribution in [3.05, 3.63) is 63.6 Å². The molecule has 0 atom stereocenters. The van der Waals surface area contributed by atoms with Crippen LogP contribution in [0.25, 0.3) is 0 Å². The molecule has 1 aromatic heterocycles. The Hall–Kier alpha value is -1.55. The summed E-state index contributed by atoms with van der Waals surface area (Å²) in [5.74, 6) is -0.849. The van der Waals surface area contributed by atoms with Crippen molar-refractivity contribution in [1.82, 2.24) is 4.98 Å². The molecule has 0 aliphatic carbocycles. The van der Waals surface area contributed by atoms with Crippen molar-refractivity contribution in [3.63, 3.8) is 0 Å². The number of benzene rings is 1. The van der Waals surface area contributed by atoms with Crippen molar-refractivity contribution in [2.75, 3.05) is 0 Å². The molecular formula is C13H9BrFNO. The quantitative estimate of drug-likeness (QED) is 0.793. The average Bonchev–Trinajstić information content (AvgIpc) is 2.32. The molecule has 0 bridgehead atoms. The molecule has 0 N–H and O–H groups in total. The van der Waals surface area contributed by atoms with Crippen molar-refractivity contribution in [2.45, 2.75) is 6.92 Å². The molecule has 0 radical (unpaired) electrons. The maximum Gasteiger partial charge on any atom is 0.196 e. The van der Waals surface area contributed by atoms with Crippen molar-refractivity contribution < 1.29 is 9.18 Å². The minimum atomic E-state index is -0.519. The Balaban J connectivity index is 2.51. The first-order chi connectivity index (χ1) is 8.09. The standard InChI is InChI=1S/C13H9BrFNO/c1-8-7-16-5-4-10(8)13(17)11-6-9(14)2-3-12(11)15/h2-7H,1H3. The van der Waals surface area contributed by atoms with E-state index in [2.05, 4.69) is 20.9 Å². The Kier molecular flexibility index (Phi) is 3.33. The highest BCUT2D eigenvalue weighted by Crippen LogP contribution is 2.20. The molecule has 2 rings (SSSR count). The van der Waals surface area contributed by atoms with E-state index in [0.717, 1.165) is 5.56 Å². The summed E-state index contributed by atoms with van der Waals surface area (Å²) in [6, 6.07) is 5.91. The molecule has 0 unspecified atom stereocenters. The molecule has 0 aliphatic heterocycles. The van der Waals surface area contributed by atoms with Crippen LogP contribution in [0.3, 0.4) is 0 Å². The average molecular weight is 294 g/mol. The number of aryl methyl sites for hydroxylation is 1. The zero-order valence-corrected chi connectivity index (χ0v) is 10.7. The molecule has 0 spiro atoms. The van der Waals surface area contributed by atoms with Crippen LogP contribution < -0.4 is 0 Å². The third-order valence-electron chi connectivity index (χ3n) is 2.44. The second-order valence-electron chi connectivity index (χ2n) is 3.64. The van der Waals surface area contributed by atoms with E-state index < -0.39 is 5.82 Å². The van der Waals surface area contributed by atoms with E-state index >= 15 is 0 Å². The summed E-state index contributed by atoms with van der Waals surface area (Å²) in [7, 11) is 0. The second-order valence-corrected chi connectivity index (χ2v) is 4.56. The van der Waals surface area contributed by atoms with Gasteiger partial charge in [-0.25, -0.2) is 4.39 Å². The normalized spacial score (nSPS) is 10.3. The number of carbonyl (C=O) groups is 1. The highest BCUT2D eigenvalue weighted by Gasteiger charge is 2.16. The lowest BCUT2D eigenvalue weighted by Gasteiger charge is -2.05. The number of nitrogens with zero attached hydrogens (tertiary/aromatic N) is 1. The van der Waals surface area contributed by atoms with Gasteiger partial charge in [0.25, 0.3) is 0 Å². The van der Waals surface area contributed by atoms with E-state index in [0.29, 0.717) is 10.0 Å². The number of hydrogen-bond donors (Lipinski definition) is 0. The molecule has 1 aromatic carbocycles. The van der Waals surface area contributed by atoms with E-state index in [1.165, 1.54) is 18.3 Å². The van der Waals surface area contributed by atoms with Gasteiger partial charge in [0.2, 0.25) is 0 Å². The number of ketones is 1. The summed E-state index contributed by atoms with van der Waals surface area (Å²) in [6.07, 6.45) is 3.11. The van der Waals surface area contributed by atoms with Gasteiger partial charge in [-0.3, -0.25) is 9.78 Å². The molecule has 86 valence electrons. The first-order valence-corrected chi connectivity index (χ1v) is 5.79. The highest BCUT2D eigenvalue weighted by atomic mass is 79.9. The van der Waals surface area contributed by atoms with Crippen LogP contribution in [0, 0.1) is 12.7 Å². The third-order valence-corrected chi connectivity index (χ3v) is 2.93. The van der Waals surface area contributed by atoms with E-state index in [1.54, 1.807) is 25.3 Å². The zero-order valence-electron chi connectivity index (χ0n) is 9.08. The van der Waals surface area contributed by atoms with Crippen molar-refractivity contribution >= 4 is 21.7 Å². The summed E-state index contributed by atoms with van der Waals surface area (Å²) in [6.45, 7) is 1.77. The summed E-state index contributed by atoms with van der Waals surface area (Å²) in [5, 5.41) is 0. The lowest BCUT2D eigenvalue weighted by atomic mass is 10.0. The van der Waals surface area contributed by atoms with E-state index in [9.17, 15) is 9.18 Å². The molecule has 0 aliphatic rings. The maximum absolute atomic E-state index is 13.6. The zero-order chi connectivity index (χ0) is 12.4. The van der Waals surface area contributed by atoms with E-state index in [4.69, 9.17) is 0 Å². The number of carbonyl (C=O) groups excluding carboxylic acids is 1. The Labute approximate surface area is 107 Å². The van der Waals surface area contributed by atoms with Gasteiger partial charge in [0.1, 0.15) is 5.82 Å². The summed E-state index contributed by atoms with van der Waals surface area (Å²) < 4.78 is 14.3. The van der Waals surface area contributed by atoms with Gasteiger partial charge in [0.15, 0.2) is 5.78 Å².